The van der Waals surface area contributed by atoms with Crippen LogP contribution in [0.4, 0.5) is 5.82 Å². The summed E-state index contributed by atoms with van der Waals surface area (Å²) >= 11 is 0. The second-order valence-electron chi connectivity index (χ2n) is 5.67. The molecule has 118 valence electrons. The predicted octanol–water partition coefficient (Wildman–Crippen LogP) is 1.82. The summed E-state index contributed by atoms with van der Waals surface area (Å²) in [6.07, 6.45) is 3.84. The topological polar surface area (TPSA) is 73.4 Å². The molecule has 1 unspecified atom stereocenters. The van der Waals surface area contributed by atoms with Crippen LogP contribution in [-0.2, 0) is 11.3 Å². The zero-order chi connectivity index (χ0) is 15.4. The first-order valence-corrected chi connectivity index (χ1v) is 7.78. The Labute approximate surface area is 126 Å². The van der Waals surface area contributed by atoms with Gasteiger partial charge in [-0.2, -0.15) is 0 Å². The van der Waals surface area contributed by atoms with Crippen molar-refractivity contribution in [1.29, 1.82) is 0 Å². The maximum Gasteiger partial charge on any atom is 0.360 e. The van der Waals surface area contributed by atoms with Crippen LogP contribution in [0.25, 0.3) is 0 Å². The number of aryl methyl sites for hydroxylation is 1. The van der Waals surface area contributed by atoms with Gasteiger partial charge in [0.1, 0.15) is 11.6 Å². The van der Waals surface area contributed by atoms with Crippen LogP contribution in [-0.4, -0.2) is 46.2 Å². The van der Waals surface area contributed by atoms with Gasteiger partial charge in [0.25, 0.3) is 0 Å². The molecule has 2 N–H and O–H groups in total. The standard InChI is InChI=1S/C15H26N4O2/c1-4-21-15(20)13-14(16)19(12(3)17-13)10-11(2)18-8-6-5-7-9-18/h11H,4-10,16H2,1-3H3. The van der Waals surface area contributed by atoms with Gasteiger partial charge in [0.15, 0.2) is 5.69 Å². The first-order valence-electron chi connectivity index (χ1n) is 7.78. The maximum atomic E-state index is 11.8. The highest BCUT2D eigenvalue weighted by molar-refractivity contribution is 5.92. The van der Waals surface area contributed by atoms with E-state index < -0.39 is 5.97 Å². The zero-order valence-electron chi connectivity index (χ0n) is 13.3. The number of anilines is 1. The van der Waals surface area contributed by atoms with Crippen LogP contribution in [0.5, 0.6) is 0 Å². The Morgan fingerprint density at radius 3 is 2.67 bits per heavy atom. The molecule has 0 amide bonds. The van der Waals surface area contributed by atoms with Crippen molar-refractivity contribution in [2.24, 2.45) is 0 Å². The smallest absolute Gasteiger partial charge is 0.360 e. The number of nitrogen functional groups attached to an aromatic ring is 1. The minimum Gasteiger partial charge on any atom is -0.461 e. The summed E-state index contributed by atoms with van der Waals surface area (Å²) in [4.78, 5) is 18.6. The summed E-state index contributed by atoms with van der Waals surface area (Å²) < 4.78 is 6.92. The Morgan fingerprint density at radius 2 is 2.05 bits per heavy atom. The van der Waals surface area contributed by atoms with E-state index in [-0.39, 0.29) is 5.69 Å². The average molecular weight is 294 g/mol. The second-order valence-corrected chi connectivity index (χ2v) is 5.67. The van der Waals surface area contributed by atoms with Gasteiger partial charge in [0.2, 0.25) is 0 Å². The van der Waals surface area contributed by atoms with Gasteiger partial charge >= 0.3 is 5.97 Å². The number of carbonyl (C=O) groups is 1. The van der Waals surface area contributed by atoms with Gasteiger partial charge in [0, 0.05) is 12.6 Å². The lowest BCUT2D eigenvalue weighted by Gasteiger charge is -2.32. The molecule has 0 saturated carbocycles. The normalized spacial score (nSPS) is 17.7. The first kappa shape index (κ1) is 15.8. The van der Waals surface area contributed by atoms with Crippen molar-refractivity contribution in [2.75, 3.05) is 25.4 Å². The van der Waals surface area contributed by atoms with Crippen LogP contribution in [0, 0.1) is 6.92 Å². The van der Waals surface area contributed by atoms with Crippen LogP contribution in [0.2, 0.25) is 0 Å². The highest BCUT2D eigenvalue weighted by Crippen LogP contribution is 2.19. The number of esters is 1. The summed E-state index contributed by atoms with van der Waals surface area (Å²) in [7, 11) is 0. The number of likely N-dealkylation sites (tertiary alicyclic amines) is 1. The van der Waals surface area contributed by atoms with Gasteiger partial charge in [-0.25, -0.2) is 9.78 Å². The van der Waals surface area contributed by atoms with E-state index >= 15 is 0 Å². The predicted molar refractivity (Wildman–Crippen MR) is 82.2 cm³/mol. The zero-order valence-corrected chi connectivity index (χ0v) is 13.3. The lowest BCUT2D eigenvalue weighted by atomic mass is 10.1. The minimum atomic E-state index is -0.442. The molecule has 1 aromatic heterocycles. The fourth-order valence-electron chi connectivity index (χ4n) is 2.90. The summed E-state index contributed by atoms with van der Waals surface area (Å²) in [6, 6.07) is 0.385. The highest BCUT2D eigenvalue weighted by Gasteiger charge is 2.23. The summed E-state index contributed by atoms with van der Waals surface area (Å²) in [5, 5.41) is 0. The molecule has 1 aliphatic rings. The molecule has 0 bridgehead atoms. The van der Waals surface area contributed by atoms with E-state index in [0.717, 1.165) is 25.5 Å². The molecule has 1 aliphatic heterocycles. The Bertz CT molecular complexity index is 492. The molecule has 1 atom stereocenters. The van der Waals surface area contributed by atoms with Crippen LogP contribution >= 0.6 is 0 Å². The SMILES string of the molecule is CCOC(=O)c1nc(C)n(CC(C)N2CCCCC2)c1N. The largest absolute Gasteiger partial charge is 0.461 e. The van der Waals surface area contributed by atoms with Crippen molar-refractivity contribution in [3.63, 3.8) is 0 Å². The molecule has 2 heterocycles. The van der Waals surface area contributed by atoms with E-state index in [4.69, 9.17) is 10.5 Å². The molecule has 0 radical (unpaired) electrons. The highest BCUT2D eigenvalue weighted by atomic mass is 16.5. The first-order chi connectivity index (χ1) is 10.0. The Morgan fingerprint density at radius 1 is 1.38 bits per heavy atom. The summed E-state index contributed by atoms with van der Waals surface area (Å²) in [6.45, 7) is 9.21. The number of rotatable bonds is 5. The van der Waals surface area contributed by atoms with Crippen molar-refractivity contribution < 1.29 is 9.53 Å². The number of piperidine rings is 1. The van der Waals surface area contributed by atoms with E-state index in [1.807, 2.05) is 11.5 Å². The van der Waals surface area contributed by atoms with Gasteiger partial charge < -0.3 is 15.0 Å². The van der Waals surface area contributed by atoms with E-state index in [2.05, 4.69) is 16.8 Å². The number of carbonyl (C=O) groups excluding carboxylic acids is 1. The van der Waals surface area contributed by atoms with Gasteiger partial charge in [-0.3, -0.25) is 4.90 Å². The molecule has 0 aliphatic carbocycles. The molecule has 0 spiro atoms. The third-order valence-electron chi connectivity index (χ3n) is 4.13. The molecule has 1 fully saturated rings. The van der Waals surface area contributed by atoms with Gasteiger partial charge in [-0.1, -0.05) is 6.42 Å². The van der Waals surface area contributed by atoms with Crippen molar-refractivity contribution in [1.82, 2.24) is 14.5 Å². The van der Waals surface area contributed by atoms with Crippen LogP contribution in [0.1, 0.15) is 49.4 Å². The number of hydrogen-bond donors (Lipinski definition) is 1. The Balaban J connectivity index is 2.10. The Kier molecular flexibility index (Phi) is 5.22. The van der Waals surface area contributed by atoms with Crippen LogP contribution in [0.3, 0.4) is 0 Å². The van der Waals surface area contributed by atoms with Crippen molar-refractivity contribution in [3.05, 3.63) is 11.5 Å². The third kappa shape index (κ3) is 3.56. The summed E-state index contributed by atoms with van der Waals surface area (Å²) in [5.74, 6) is 0.733. The minimum absolute atomic E-state index is 0.236. The third-order valence-corrected chi connectivity index (χ3v) is 4.13. The lowest BCUT2D eigenvalue weighted by molar-refractivity contribution is 0.0521. The fourth-order valence-corrected chi connectivity index (χ4v) is 2.90. The molecule has 2 rings (SSSR count). The van der Waals surface area contributed by atoms with Crippen LogP contribution in [0.15, 0.2) is 0 Å². The number of nitrogens with two attached hydrogens (primary N) is 1. The Hall–Kier alpha value is -1.56. The maximum absolute atomic E-state index is 11.8. The van der Waals surface area contributed by atoms with Crippen molar-refractivity contribution in [3.8, 4) is 0 Å². The van der Waals surface area contributed by atoms with Gasteiger partial charge in [-0.05, 0) is 46.7 Å². The molecule has 1 aromatic rings. The number of aromatic nitrogens is 2. The van der Waals surface area contributed by atoms with Crippen molar-refractivity contribution >= 4 is 11.8 Å². The number of ether oxygens (including phenoxy) is 1. The molecule has 6 heteroatoms. The molecule has 21 heavy (non-hydrogen) atoms. The van der Waals surface area contributed by atoms with E-state index in [1.54, 1.807) is 6.92 Å². The fraction of sp³-hybridized carbons (Fsp3) is 0.733. The number of imidazole rings is 1. The van der Waals surface area contributed by atoms with Gasteiger partial charge in [0.05, 0.1) is 6.61 Å². The van der Waals surface area contributed by atoms with E-state index in [0.29, 0.717) is 18.5 Å². The van der Waals surface area contributed by atoms with Crippen LogP contribution < -0.4 is 5.73 Å². The number of nitrogens with zero attached hydrogens (tertiary/aromatic N) is 3. The number of hydrogen-bond acceptors (Lipinski definition) is 5. The quantitative estimate of drug-likeness (QED) is 0.839. The lowest BCUT2D eigenvalue weighted by Crippen LogP contribution is -2.40. The molecular weight excluding hydrogens is 268 g/mol. The average Bonchev–Trinajstić information content (AvgIpc) is 2.76. The second kappa shape index (κ2) is 6.93. The molecule has 0 aromatic carbocycles. The molecule has 1 saturated heterocycles. The summed E-state index contributed by atoms with van der Waals surface area (Å²) in [5.41, 5.74) is 6.33. The molecular formula is C15H26N4O2. The van der Waals surface area contributed by atoms with E-state index in [1.165, 1.54) is 19.3 Å². The van der Waals surface area contributed by atoms with Crippen molar-refractivity contribution in [2.45, 2.75) is 52.6 Å². The van der Waals surface area contributed by atoms with Gasteiger partial charge in [-0.15, -0.1) is 0 Å². The van der Waals surface area contributed by atoms with E-state index in [9.17, 15) is 4.79 Å². The molecule has 6 nitrogen and oxygen atoms in total. The monoisotopic (exact) mass is 294 g/mol.